The Morgan fingerprint density at radius 3 is 2.24 bits per heavy atom. The molecule has 4 amide bonds. The fourth-order valence-electron chi connectivity index (χ4n) is 6.56. The Labute approximate surface area is 317 Å². The lowest BCUT2D eigenvalue weighted by Crippen LogP contribution is -2.50. The predicted octanol–water partition coefficient (Wildman–Crippen LogP) is 3.73. The Hall–Kier alpha value is -5.54. The molecule has 0 fully saturated rings. The summed E-state index contributed by atoms with van der Waals surface area (Å²) in [5.74, 6) is -5.44. The second-order valence-corrected chi connectivity index (χ2v) is 14.5. The number of amides is 4. The van der Waals surface area contributed by atoms with Crippen molar-refractivity contribution in [1.29, 1.82) is 0 Å². The molecule has 1 aromatic heterocycles. The Morgan fingerprint density at radius 2 is 1.62 bits per heavy atom. The van der Waals surface area contributed by atoms with Gasteiger partial charge in [0.05, 0.1) is 12.1 Å². The number of aromatic nitrogens is 1. The number of carboxylic acids is 1. The van der Waals surface area contributed by atoms with Crippen LogP contribution in [0.5, 0.6) is 0 Å². The Balaban J connectivity index is 1.50. The van der Waals surface area contributed by atoms with Crippen LogP contribution in [0.25, 0.3) is 11.1 Å². The van der Waals surface area contributed by atoms with Gasteiger partial charge in [0.15, 0.2) is 0 Å². The molecular formula is C40H47F2N5O8. The number of Topliss-reactive ketones (excluding diaryl/α,β-unsaturated/α-hetero) is 1. The minimum Gasteiger partial charge on any atom is -0.480 e. The van der Waals surface area contributed by atoms with E-state index in [0.29, 0.717) is 17.8 Å². The zero-order valence-corrected chi connectivity index (χ0v) is 31.0. The van der Waals surface area contributed by atoms with E-state index in [-0.39, 0.29) is 56.5 Å². The third-order valence-corrected chi connectivity index (χ3v) is 9.31. The average molecular weight is 764 g/mol. The molecule has 1 aliphatic heterocycles. The summed E-state index contributed by atoms with van der Waals surface area (Å²) >= 11 is 0. The van der Waals surface area contributed by atoms with Gasteiger partial charge in [-0.25, -0.2) is 13.6 Å². The number of carbonyl (C=O) groups is 6. The summed E-state index contributed by atoms with van der Waals surface area (Å²) in [6.45, 7) is 4.92. The van der Waals surface area contributed by atoms with Crippen LogP contribution >= 0.6 is 0 Å². The average Bonchev–Trinajstić information content (AvgIpc) is 3.69. The number of ketones is 1. The van der Waals surface area contributed by atoms with Crippen molar-refractivity contribution >= 4 is 35.4 Å². The maximum absolute atomic E-state index is 15.0. The largest absolute Gasteiger partial charge is 0.480 e. The molecule has 2 aromatic carbocycles. The van der Waals surface area contributed by atoms with E-state index in [0.717, 1.165) is 40.8 Å². The number of carbonyl (C=O) groups excluding carboxylic acids is 5. The van der Waals surface area contributed by atoms with Crippen molar-refractivity contribution in [2.45, 2.75) is 77.5 Å². The van der Waals surface area contributed by atoms with Gasteiger partial charge >= 0.3 is 5.97 Å². The molecular weight excluding hydrogens is 716 g/mol. The predicted molar refractivity (Wildman–Crippen MR) is 198 cm³/mol. The number of benzene rings is 2. The smallest absolute Gasteiger partial charge is 0.326 e. The van der Waals surface area contributed by atoms with Crippen LogP contribution in [0.1, 0.15) is 70.2 Å². The van der Waals surface area contributed by atoms with Crippen LogP contribution in [-0.2, 0) is 35.3 Å². The highest BCUT2D eigenvalue weighted by Crippen LogP contribution is 2.41. The molecule has 0 bridgehead atoms. The number of hydrogen-bond donors (Lipinski definition) is 4. The van der Waals surface area contributed by atoms with E-state index in [2.05, 4.69) is 5.32 Å². The van der Waals surface area contributed by atoms with Gasteiger partial charge in [0.1, 0.15) is 30.1 Å². The highest BCUT2D eigenvalue weighted by Gasteiger charge is 2.38. The minimum atomic E-state index is -1.45. The summed E-state index contributed by atoms with van der Waals surface area (Å²) in [5, 5.41) is 22.2. The molecule has 0 aliphatic carbocycles. The molecule has 0 saturated carbocycles. The fraction of sp³-hybridized carbons (Fsp3) is 0.400. The van der Waals surface area contributed by atoms with E-state index < -0.39 is 71.4 Å². The van der Waals surface area contributed by atoms with E-state index >= 15 is 4.39 Å². The Bertz CT molecular complexity index is 1910. The number of rotatable bonds is 19. The topological polar surface area (TPSA) is 192 Å². The van der Waals surface area contributed by atoms with E-state index in [1.165, 1.54) is 4.90 Å². The first-order valence-electron chi connectivity index (χ1n) is 17.9. The summed E-state index contributed by atoms with van der Waals surface area (Å²) in [7, 11) is 0. The van der Waals surface area contributed by atoms with Crippen molar-refractivity contribution < 1.29 is 47.8 Å². The second-order valence-electron chi connectivity index (χ2n) is 14.5. The number of nitrogens with zero attached hydrogens (tertiary/aromatic N) is 3. The lowest BCUT2D eigenvalue weighted by molar-refractivity contribution is -0.142. The van der Waals surface area contributed by atoms with Gasteiger partial charge in [-0.1, -0.05) is 51.1 Å². The number of hydrogen-bond acceptors (Lipinski definition) is 8. The van der Waals surface area contributed by atoms with E-state index in [9.17, 15) is 43.4 Å². The number of halogens is 2. The van der Waals surface area contributed by atoms with Crippen LogP contribution in [-0.4, -0.2) is 91.7 Å². The highest BCUT2D eigenvalue weighted by molar-refractivity contribution is 6.12. The maximum atomic E-state index is 15.0. The molecule has 3 aromatic rings. The van der Waals surface area contributed by atoms with Gasteiger partial charge in [-0.15, -0.1) is 0 Å². The van der Waals surface area contributed by atoms with Crippen LogP contribution in [0.2, 0.25) is 0 Å². The van der Waals surface area contributed by atoms with Gasteiger partial charge < -0.3 is 30.7 Å². The minimum absolute atomic E-state index is 0.00603. The van der Waals surface area contributed by atoms with Crippen molar-refractivity contribution in [1.82, 2.24) is 19.7 Å². The van der Waals surface area contributed by atoms with Crippen molar-refractivity contribution in [2.24, 2.45) is 11.1 Å². The first-order valence-corrected chi connectivity index (χ1v) is 17.9. The summed E-state index contributed by atoms with van der Waals surface area (Å²) in [5.41, 5.74) is 7.31. The molecule has 55 heavy (non-hydrogen) atoms. The van der Waals surface area contributed by atoms with Crippen molar-refractivity contribution in [3.63, 3.8) is 0 Å². The number of carboxylic acid groups (broad SMARTS) is 1. The van der Waals surface area contributed by atoms with Gasteiger partial charge in [0.25, 0.3) is 11.8 Å². The summed E-state index contributed by atoms with van der Waals surface area (Å²) in [6.07, 6.45) is 3.57. The number of imide groups is 1. The summed E-state index contributed by atoms with van der Waals surface area (Å²) < 4.78 is 31.2. The highest BCUT2D eigenvalue weighted by atomic mass is 19.1. The summed E-state index contributed by atoms with van der Waals surface area (Å²) in [6, 6.07) is 10.6. The molecule has 4 rings (SSSR count). The number of aliphatic hydroxyl groups is 1. The quantitative estimate of drug-likeness (QED) is 0.132. The van der Waals surface area contributed by atoms with Gasteiger partial charge in [0.2, 0.25) is 11.8 Å². The van der Waals surface area contributed by atoms with Crippen LogP contribution in [0.15, 0.2) is 72.9 Å². The molecule has 5 N–H and O–H groups in total. The third-order valence-electron chi connectivity index (χ3n) is 9.31. The molecule has 1 aliphatic rings. The van der Waals surface area contributed by atoms with Crippen LogP contribution in [0.4, 0.5) is 8.78 Å². The zero-order chi connectivity index (χ0) is 40.4. The number of aliphatic hydroxyl groups excluding tert-OH is 1. The van der Waals surface area contributed by atoms with Gasteiger partial charge in [0, 0.05) is 67.6 Å². The second kappa shape index (κ2) is 18.7. The fourth-order valence-corrected chi connectivity index (χ4v) is 6.56. The molecule has 0 radical (unpaired) electrons. The molecule has 2 heterocycles. The van der Waals surface area contributed by atoms with E-state index in [4.69, 9.17) is 5.73 Å². The first kappa shape index (κ1) is 42.2. The van der Waals surface area contributed by atoms with Gasteiger partial charge in [-0.3, -0.25) is 28.9 Å². The molecule has 3 atom stereocenters. The molecule has 0 saturated heterocycles. The lowest BCUT2D eigenvalue weighted by atomic mass is 9.82. The van der Waals surface area contributed by atoms with Crippen molar-refractivity contribution in [3.05, 3.63) is 95.8 Å². The van der Waals surface area contributed by atoms with Crippen LogP contribution in [0.3, 0.4) is 0 Å². The first-order chi connectivity index (χ1) is 26.0. The van der Waals surface area contributed by atoms with Gasteiger partial charge in [-0.05, 0) is 54.5 Å². The third kappa shape index (κ3) is 11.2. The van der Waals surface area contributed by atoms with E-state index in [1.807, 2.05) is 55.7 Å². The number of aliphatic carboxylic acids is 1. The maximum Gasteiger partial charge on any atom is 0.326 e. The van der Waals surface area contributed by atoms with Crippen molar-refractivity contribution in [3.8, 4) is 11.1 Å². The van der Waals surface area contributed by atoms with Crippen LogP contribution < -0.4 is 11.1 Å². The molecule has 294 valence electrons. The SMILES string of the molecule is CC(C)(C)[C@H](c1cc(-c2cc(F)ccc2F)cn1Cc1ccccc1)N(CC[C@H](N)C(=O)N[C@@H](CCC(=O)CCCN1C(=O)C=CC1=O)C(=O)O)C(=O)CO. The zero-order valence-electron chi connectivity index (χ0n) is 31.0. The molecule has 0 unspecified atom stereocenters. The normalized spacial score (nSPS) is 14.5. The standard InChI is InChI=1S/C40H47F2N5O8/c1-40(2,3)37(33-20-26(29-21-27(41)11-13-30(29)42)23-45(33)22-25-8-5-4-6-9-25)47(36(52)24-48)19-17-31(43)38(53)44-32(39(54)55)14-12-28(49)10-7-18-46-34(50)15-16-35(46)51/h4-6,8-9,11,13,15-16,20-21,23,31-32,37,48H,7,10,12,14,17-19,22,24,43H2,1-3H3,(H,44,53)(H,54,55)/t31-,32-,37-/m0/s1. The number of nitrogens with two attached hydrogens (primary N) is 1. The Morgan fingerprint density at radius 1 is 0.945 bits per heavy atom. The molecule has 0 spiro atoms. The van der Waals surface area contributed by atoms with Crippen LogP contribution in [0, 0.1) is 17.0 Å². The van der Waals surface area contributed by atoms with E-state index in [1.54, 1.807) is 12.3 Å². The molecule has 13 nitrogen and oxygen atoms in total. The monoisotopic (exact) mass is 763 g/mol. The number of nitrogens with one attached hydrogen (secondary N) is 1. The molecule has 15 heteroatoms. The van der Waals surface area contributed by atoms with Gasteiger partial charge in [-0.2, -0.15) is 0 Å². The lowest BCUT2D eigenvalue weighted by Gasteiger charge is -2.41. The summed E-state index contributed by atoms with van der Waals surface area (Å²) in [4.78, 5) is 76.9. The van der Waals surface area contributed by atoms with Crippen molar-refractivity contribution in [2.75, 3.05) is 19.7 Å². The Kier molecular flexibility index (Phi) is 14.3.